The van der Waals surface area contributed by atoms with E-state index in [0.29, 0.717) is 60.3 Å². The quantitative estimate of drug-likeness (QED) is 0.177. The number of anilines is 3. The first-order valence-corrected chi connectivity index (χ1v) is 16.3. The van der Waals surface area contributed by atoms with Crippen molar-refractivity contribution < 1.29 is 36.9 Å². The molecule has 2 aromatic carbocycles. The summed E-state index contributed by atoms with van der Waals surface area (Å²) < 4.78 is 73.3. The first kappa shape index (κ1) is 34.1. The summed E-state index contributed by atoms with van der Waals surface area (Å²) in [6.07, 6.45) is -3.63. The van der Waals surface area contributed by atoms with Crippen LogP contribution in [-0.4, -0.2) is 102 Å². The monoisotopic (exact) mass is 664 g/mol. The Labute approximate surface area is 270 Å². The molecule has 46 heavy (non-hydrogen) atoms. The molecule has 3 aromatic rings. The number of halogens is 4. The first-order valence-electron chi connectivity index (χ1n) is 15.5. The molecule has 2 aliphatic heterocycles. The van der Waals surface area contributed by atoms with E-state index in [-0.39, 0.29) is 31.4 Å². The third kappa shape index (κ3) is 8.95. The van der Waals surface area contributed by atoms with E-state index in [1.54, 1.807) is 25.3 Å². The van der Waals surface area contributed by atoms with E-state index in [0.717, 1.165) is 42.9 Å². The molecule has 2 fully saturated rings. The lowest BCUT2D eigenvalue weighted by Crippen LogP contribution is -2.40. The smallest absolute Gasteiger partial charge is 0.393 e. The zero-order chi connectivity index (χ0) is 32.5. The maximum atomic E-state index is 15.1. The van der Waals surface area contributed by atoms with Gasteiger partial charge in [-0.05, 0) is 29.9 Å². The van der Waals surface area contributed by atoms with Gasteiger partial charge in [0.15, 0.2) is 0 Å². The SMILES string of the molecule is COCCN1CCC(Nc2cccc3c(CC(F)(F)F)c(C#CCNc4cc(F)c(N5CCOCC5)cc4OCCO)sc23)CC1. The third-order valence-electron chi connectivity index (χ3n) is 8.07. The summed E-state index contributed by atoms with van der Waals surface area (Å²) >= 11 is 1.25. The van der Waals surface area contributed by atoms with Gasteiger partial charge in [-0.2, -0.15) is 13.2 Å². The highest BCUT2D eigenvalue weighted by Gasteiger charge is 2.31. The molecule has 8 nitrogen and oxygen atoms in total. The highest BCUT2D eigenvalue weighted by Crippen LogP contribution is 2.39. The second-order valence-corrected chi connectivity index (χ2v) is 12.3. The predicted octanol–water partition coefficient (Wildman–Crippen LogP) is 5.34. The molecular weight excluding hydrogens is 624 g/mol. The van der Waals surface area contributed by atoms with Crippen molar-refractivity contribution in [1.29, 1.82) is 0 Å². The number of likely N-dealkylation sites (tertiary alicyclic amines) is 1. The van der Waals surface area contributed by atoms with Crippen LogP contribution in [0.2, 0.25) is 0 Å². The van der Waals surface area contributed by atoms with Crippen LogP contribution < -0.4 is 20.3 Å². The summed E-state index contributed by atoms with van der Waals surface area (Å²) in [5.74, 6) is 5.78. The number of benzene rings is 2. The summed E-state index contributed by atoms with van der Waals surface area (Å²) in [6.45, 7) is 5.31. The molecule has 0 amide bonds. The van der Waals surface area contributed by atoms with E-state index >= 15 is 4.39 Å². The van der Waals surface area contributed by atoms with E-state index < -0.39 is 18.4 Å². The number of aliphatic hydroxyl groups excluding tert-OH is 1. The molecule has 2 aliphatic rings. The number of hydrogen-bond donors (Lipinski definition) is 3. The van der Waals surface area contributed by atoms with Gasteiger partial charge in [0.1, 0.15) is 18.2 Å². The van der Waals surface area contributed by atoms with E-state index in [9.17, 15) is 18.3 Å². The van der Waals surface area contributed by atoms with Gasteiger partial charge in [-0.1, -0.05) is 24.0 Å². The van der Waals surface area contributed by atoms with Crippen molar-refractivity contribution in [2.75, 3.05) is 94.9 Å². The zero-order valence-corrected chi connectivity index (χ0v) is 26.7. The van der Waals surface area contributed by atoms with E-state index in [1.807, 2.05) is 11.0 Å². The van der Waals surface area contributed by atoms with E-state index in [1.165, 1.54) is 17.4 Å². The van der Waals surface area contributed by atoms with Crippen LogP contribution in [0.25, 0.3) is 10.1 Å². The minimum Gasteiger partial charge on any atom is -0.489 e. The third-order valence-corrected chi connectivity index (χ3v) is 9.27. The maximum absolute atomic E-state index is 15.1. The van der Waals surface area contributed by atoms with Gasteiger partial charge in [0.25, 0.3) is 0 Å². The summed E-state index contributed by atoms with van der Waals surface area (Å²) in [5.41, 5.74) is 1.68. The molecule has 0 spiro atoms. The highest BCUT2D eigenvalue weighted by atomic mass is 32.1. The lowest BCUT2D eigenvalue weighted by molar-refractivity contribution is -0.126. The molecule has 3 N–H and O–H groups in total. The van der Waals surface area contributed by atoms with Gasteiger partial charge >= 0.3 is 6.18 Å². The Bertz CT molecular complexity index is 1510. The van der Waals surface area contributed by atoms with Gasteiger partial charge < -0.3 is 39.8 Å². The van der Waals surface area contributed by atoms with Crippen LogP contribution in [0.1, 0.15) is 23.3 Å². The molecular formula is C33H40F4N4O4S. The maximum Gasteiger partial charge on any atom is 0.393 e. The Kier molecular flexibility index (Phi) is 11.9. The van der Waals surface area contributed by atoms with Crippen LogP contribution in [0.15, 0.2) is 30.3 Å². The fraction of sp³-hybridized carbons (Fsp3) is 0.515. The van der Waals surface area contributed by atoms with Crippen LogP contribution in [-0.2, 0) is 15.9 Å². The lowest BCUT2D eigenvalue weighted by Gasteiger charge is -2.32. The lowest BCUT2D eigenvalue weighted by atomic mass is 10.0. The minimum atomic E-state index is -4.40. The molecule has 3 heterocycles. The van der Waals surface area contributed by atoms with Crippen molar-refractivity contribution in [2.24, 2.45) is 0 Å². The number of morpholine rings is 1. The van der Waals surface area contributed by atoms with Gasteiger partial charge in [0.05, 0.1) is 66.0 Å². The summed E-state index contributed by atoms with van der Waals surface area (Å²) in [6, 6.07) is 8.53. The van der Waals surface area contributed by atoms with Crippen molar-refractivity contribution in [2.45, 2.75) is 31.5 Å². The Morgan fingerprint density at radius 2 is 1.87 bits per heavy atom. The van der Waals surface area contributed by atoms with Crippen LogP contribution in [0, 0.1) is 17.7 Å². The first-order chi connectivity index (χ1) is 22.3. The number of nitrogens with zero attached hydrogens (tertiary/aromatic N) is 2. The molecule has 250 valence electrons. The normalized spacial score (nSPS) is 16.3. The molecule has 0 unspecified atom stereocenters. The molecule has 0 atom stereocenters. The number of piperidine rings is 1. The van der Waals surface area contributed by atoms with Gasteiger partial charge in [0, 0.05) is 58.0 Å². The number of ether oxygens (including phenoxy) is 3. The van der Waals surface area contributed by atoms with Crippen LogP contribution in [0.5, 0.6) is 5.75 Å². The van der Waals surface area contributed by atoms with Gasteiger partial charge in [0.2, 0.25) is 0 Å². The summed E-state index contributed by atoms with van der Waals surface area (Å²) in [7, 11) is 1.69. The molecule has 5 rings (SSSR count). The zero-order valence-electron chi connectivity index (χ0n) is 25.9. The Hall–Kier alpha value is -3.28. The standard InChI is InChI=1S/C33H40F4N4O4S/c1-43-16-12-40-10-7-23(8-11-40)39-27-5-2-4-24-25(22-33(35,36)37)31(46-32(24)27)6-3-9-38-28-20-26(34)29(21-30(28)45-19-15-42)41-13-17-44-18-14-41/h2,4-5,20-21,23,38-39,42H,7-19,22H2,1H3. The summed E-state index contributed by atoms with van der Waals surface area (Å²) in [5, 5.41) is 16.5. The highest BCUT2D eigenvalue weighted by molar-refractivity contribution is 7.20. The molecule has 0 radical (unpaired) electrons. The second kappa shape index (κ2) is 16.0. The van der Waals surface area contributed by atoms with Crippen molar-refractivity contribution in [3.63, 3.8) is 0 Å². The number of aliphatic hydroxyl groups is 1. The Morgan fingerprint density at radius 1 is 1.09 bits per heavy atom. The fourth-order valence-corrected chi connectivity index (χ4v) is 6.94. The number of methoxy groups -OCH3 is 1. The number of thiophene rings is 1. The van der Waals surface area contributed by atoms with Crippen molar-refractivity contribution >= 4 is 38.5 Å². The van der Waals surface area contributed by atoms with Gasteiger partial charge in [-0.25, -0.2) is 4.39 Å². The Morgan fingerprint density at radius 3 is 2.59 bits per heavy atom. The number of alkyl halides is 3. The van der Waals surface area contributed by atoms with Crippen molar-refractivity contribution in [3.8, 4) is 17.6 Å². The van der Waals surface area contributed by atoms with E-state index in [2.05, 4.69) is 27.4 Å². The predicted molar refractivity (Wildman–Crippen MR) is 174 cm³/mol. The van der Waals surface area contributed by atoms with E-state index in [4.69, 9.17) is 14.2 Å². The van der Waals surface area contributed by atoms with Gasteiger partial charge in [-0.15, -0.1) is 11.3 Å². The second-order valence-electron chi connectivity index (χ2n) is 11.3. The molecule has 1 aromatic heterocycles. The van der Waals surface area contributed by atoms with Crippen molar-refractivity contribution in [3.05, 3.63) is 46.6 Å². The summed E-state index contributed by atoms with van der Waals surface area (Å²) in [4.78, 5) is 4.57. The largest absolute Gasteiger partial charge is 0.489 e. The van der Waals surface area contributed by atoms with Crippen LogP contribution in [0.3, 0.4) is 0 Å². The molecule has 0 aliphatic carbocycles. The molecule has 0 saturated carbocycles. The topological polar surface area (TPSA) is 78.5 Å². The van der Waals surface area contributed by atoms with Gasteiger partial charge in [-0.3, -0.25) is 0 Å². The van der Waals surface area contributed by atoms with Crippen molar-refractivity contribution in [1.82, 2.24) is 4.90 Å². The minimum absolute atomic E-state index is 0.0143. The number of hydrogen-bond acceptors (Lipinski definition) is 9. The van der Waals surface area contributed by atoms with Crippen LogP contribution in [0.4, 0.5) is 34.6 Å². The molecule has 0 bridgehead atoms. The van der Waals surface area contributed by atoms with Crippen LogP contribution >= 0.6 is 11.3 Å². The number of nitrogens with one attached hydrogen (secondary N) is 2. The Balaban J connectivity index is 1.34. The average Bonchev–Trinajstić information content (AvgIpc) is 3.39. The number of fused-ring (bicyclic) bond motifs is 1. The molecule has 2 saturated heterocycles. The fourth-order valence-electron chi connectivity index (χ4n) is 5.77. The average molecular weight is 665 g/mol. The molecule has 13 heteroatoms. The number of rotatable bonds is 12.